The predicted molar refractivity (Wildman–Crippen MR) is 214 cm³/mol. The number of non-ortho nitro benzene ring substituents is 1. The Morgan fingerprint density at radius 1 is 0.821 bits per heavy atom. The van der Waals surface area contributed by atoms with Crippen molar-refractivity contribution in [3.05, 3.63) is 142 Å². The van der Waals surface area contributed by atoms with Gasteiger partial charge in [-0.25, -0.2) is 9.78 Å². The second kappa shape index (κ2) is 17.9. The lowest BCUT2D eigenvalue weighted by Gasteiger charge is -2.31. The van der Waals surface area contributed by atoms with Crippen LogP contribution in [-0.2, 0) is 43.5 Å². The first-order valence-corrected chi connectivity index (χ1v) is 18.2. The number of anilines is 2. The van der Waals surface area contributed by atoms with Crippen LogP contribution in [0.4, 0.5) is 22.0 Å². The Kier molecular flexibility index (Phi) is 13.0. The second-order valence-electron chi connectivity index (χ2n) is 15.2. The number of carbonyl (C=O) groups excluding carboxylic acids is 3. The van der Waals surface area contributed by atoms with Crippen molar-refractivity contribution in [2.75, 3.05) is 10.4 Å². The molecule has 0 fully saturated rings. The monoisotopic (exact) mass is 761 g/mol. The fourth-order valence-electron chi connectivity index (χ4n) is 5.63. The molecule has 56 heavy (non-hydrogen) atoms. The molecular formula is C43H47N5O8. The largest absolute Gasteiger partial charge is 0.461 e. The van der Waals surface area contributed by atoms with E-state index in [-0.39, 0.29) is 43.0 Å². The third kappa shape index (κ3) is 11.8. The highest BCUT2D eigenvalue weighted by molar-refractivity contribution is 6.00. The molecule has 0 saturated heterocycles. The summed E-state index contributed by atoms with van der Waals surface area (Å²) in [5.41, 5.74) is 1.99. The van der Waals surface area contributed by atoms with Crippen LogP contribution in [0.1, 0.15) is 76.3 Å². The molecule has 0 spiro atoms. The van der Waals surface area contributed by atoms with E-state index >= 15 is 0 Å². The Morgan fingerprint density at radius 3 is 2.21 bits per heavy atom. The van der Waals surface area contributed by atoms with Crippen LogP contribution in [0, 0.1) is 10.1 Å². The molecule has 292 valence electrons. The van der Waals surface area contributed by atoms with Crippen LogP contribution in [0.5, 0.6) is 0 Å². The summed E-state index contributed by atoms with van der Waals surface area (Å²) in [4.78, 5) is 61.1. The van der Waals surface area contributed by atoms with E-state index in [0.29, 0.717) is 34.0 Å². The first kappa shape index (κ1) is 40.8. The third-order valence-electron chi connectivity index (χ3n) is 8.20. The number of hydrogen-bond acceptors (Lipinski definition) is 10. The van der Waals surface area contributed by atoms with Crippen molar-refractivity contribution in [3.63, 3.8) is 0 Å². The van der Waals surface area contributed by atoms with Gasteiger partial charge in [0.05, 0.1) is 10.5 Å². The summed E-state index contributed by atoms with van der Waals surface area (Å²) >= 11 is 0. The first-order valence-electron chi connectivity index (χ1n) is 18.2. The maximum absolute atomic E-state index is 13.9. The van der Waals surface area contributed by atoms with Crippen LogP contribution in [0.2, 0.25) is 0 Å². The molecule has 1 aromatic heterocycles. The molecule has 2 amide bonds. The maximum Gasteiger partial charge on any atom is 0.440 e. The fraction of sp³-hybridized carbons (Fsp3) is 0.302. The average molecular weight is 762 g/mol. The second-order valence-corrected chi connectivity index (χ2v) is 15.2. The van der Waals surface area contributed by atoms with Crippen molar-refractivity contribution in [3.8, 4) is 0 Å². The number of carbonyl (C=O) groups is 3. The zero-order chi connectivity index (χ0) is 40.5. The van der Waals surface area contributed by atoms with E-state index in [0.717, 1.165) is 16.2 Å². The number of ether oxygens (including phenoxy) is 2. The van der Waals surface area contributed by atoms with Gasteiger partial charge in [-0.15, -0.1) is 5.06 Å². The van der Waals surface area contributed by atoms with E-state index in [1.165, 1.54) is 12.1 Å². The van der Waals surface area contributed by atoms with Gasteiger partial charge in [-0.1, -0.05) is 66.7 Å². The molecule has 0 aliphatic rings. The maximum atomic E-state index is 13.9. The minimum Gasteiger partial charge on any atom is -0.461 e. The molecule has 5 rings (SSSR count). The van der Waals surface area contributed by atoms with E-state index in [1.54, 1.807) is 57.3 Å². The van der Waals surface area contributed by atoms with Crippen LogP contribution in [0.15, 0.2) is 109 Å². The lowest BCUT2D eigenvalue weighted by atomic mass is 10.0. The first-order chi connectivity index (χ1) is 26.5. The highest BCUT2D eigenvalue weighted by atomic mass is 16.7. The van der Waals surface area contributed by atoms with E-state index in [4.69, 9.17) is 14.3 Å². The fourth-order valence-corrected chi connectivity index (χ4v) is 5.63. The summed E-state index contributed by atoms with van der Waals surface area (Å²) in [5.74, 6) is -0.449. The number of esters is 1. The van der Waals surface area contributed by atoms with Crippen LogP contribution < -0.4 is 15.7 Å². The molecule has 1 atom stereocenters. The summed E-state index contributed by atoms with van der Waals surface area (Å²) in [7, 11) is 0. The lowest BCUT2D eigenvalue weighted by molar-refractivity contribution is -0.384. The lowest BCUT2D eigenvalue weighted by Crippen LogP contribution is -2.42. The summed E-state index contributed by atoms with van der Waals surface area (Å²) in [6.07, 6.45) is 1.48. The molecule has 5 aromatic rings. The zero-order valence-electron chi connectivity index (χ0n) is 32.4. The minimum absolute atomic E-state index is 0.0584. The molecule has 13 heteroatoms. The van der Waals surface area contributed by atoms with Gasteiger partial charge in [0.15, 0.2) is 5.82 Å². The SMILES string of the molecule is CC(C)(C)OC(=O)N(OC(C)(C)C)c1nccc2cc(NC(C(=O)NCc3cccc([N+](=O)[O-])c3)c3ccc(CCC(=O)OCc4ccccc4)cc3)ccc12. The number of amides is 2. The number of aryl methyl sites for hydroxylation is 1. The van der Waals surface area contributed by atoms with Crippen molar-refractivity contribution in [1.82, 2.24) is 10.3 Å². The minimum atomic E-state index is -0.889. The van der Waals surface area contributed by atoms with E-state index in [9.17, 15) is 24.5 Å². The molecule has 13 nitrogen and oxygen atoms in total. The molecule has 0 bridgehead atoms. The van der Waals surface area contributed by atoms with Crippen molar-refractivity contribution in [2.45, 2.75) is 84.8 Å². The smallest absolute Gasteiger partial charge is 0.440 e. The van der Waals surface area contributed by atoms with E-state index in [2.05, 4.69) is 15.6 Å². The standard InChI is InChI=1S/C43H47N5O8/c1-42(2,3)55-41(51)47(56-43(4,5)6)39-36-21-20-34(26-33(36)23-24-44-39)46-38(40(50)45-27-31-13-10-14-35(25-31)48(52)53)32-18-15-29(16-19-32)17-22-37(49)54-28-30-11-8-7-9-12-30/h7-16,18-21,23-26,38,46H,17,22,27-28H2,1-6H3,(H,45,50). The van der Waals surface area contributed by atoms with Gasteiger partial charge in [-0.3, -0.25) is 24.5 Å². The number of nitro benzene ring substituents is 1. The Morgan fingerprint density at radius 2 is 1.54 bits per heavy atom. The average Bonchev–Trinajstić information content (AvgIpc) is 3.16. The predicted octanol–water partition coefficient (Wildman–Crippen LogP) is 8.76. The van der Waals surface area contributed by atoms with Crippen molar-refractivity contribution < 1.29 is 33.6 Å². The number of hydrogen-bond donors (Lipinski definition) is 2. The molecular weight excluding hydrogens is 714 g/mol. The Labute approximate surface area is 326 Å². The Hall–Kier alpha value is -6.34. The molecule has 0 aliphatic carbocycles. The van der Waals surface area contributed by atoms with E-state index in [1.807, 2.05) is 81.4 Å². The normalized spacial score (nSPS) is 12.0. The molecule has 2 N–H and O–H groups in total. The number of hydroxylamine groups is 1. The van der Waals surface area contributed by atoms with Gasteiger partial charge in [0.2, 0.25) is 5.91 Å². The summed E-state index contributed by atoms with van der Waals surface area (Å²) in [6, 6.07) is 29.2. The summed E-state index contributed by atoms with van der Waals surface area (Å²) in [5, 5.41) is 20.0. The summed E-state index contributed by atoms with van der Waals surface area (Å²) in [6.45, 7) is 11.0. The van der Waals surface area contributed by atoms with Gasteiger partial charge in [-0.2, -0.15) is 0 Å². The van der Waals surface area contributed by atoms with Gasteiger partial charge in [0, 0.05) is 42.4 Å². The Bertz CT molecular complexity index is 2160. The summed E-state index contributed by atoms with van der Waals surface area (Å²) < 4.78 is 11.1. The molecule has 4 aromatic carbocycles. The van der Waals surface area contributed by atoms with Gasteiger partial charge >= 0.3 is 12.1 Å². The zero-order valence-corrected chi connectivity index (χ0v) is 32.4. The van der Waals surface area contributed by atoms with Gasteiger partial charge in [0.1, 0.15) is 18.2 Å². The number of pyridine rings is 1. The van der Waals surface area contributed by atoms with Crippen LogP contribution in [-0.4, -0.2) is 39.1 Å². The number of nitro groups is 1. The molecule has 1 unspecified atom stereocenters. The molecule has 1 heterocycles. The highest BCUT2D eigenvalue weighted by Gasteiger charge is 2.31. The van der Waals surface area contributed by atoms with Crippen LogP contribution >= 0.6 is 0 Å². The van der Waals surface area contributed by atoms with Crippen LogP contribution in [0.25, 0.3) is 10.8 Å². The highest BCUT2D eigenvalue weighted by Crippen LogP contribution is 2.32. The quantitative estimate of drug-likeness (QED) is 0.0636. The number of aromatic nitrogens is 1. The van der Waals surface area contributed by atoms with Crippen molar-refractivity contribution in [2.24, 2.45) is 0 Å². The number of benzene rings is 4. The molecule has 0 aliphatic heterocycles. The van der Waals surface area contributed by atoms with E-state index < -0.39 is 28.3 Å². The Balaban J connectivity index is 1.38. The third-order valence-corrected chi connectivity index (χ3v) is 8.20. The number of nitrogens with one attached hydrogen (secondary N) is 2. The topological polar surface area (TPSA) is 162 Å². The van der Waals surface area contributed by atoms with Crippen LogP contribution in [0.3, 0.4) is 0 Å². The number of fused-ring (bicyclic) bond motifs is 1. The number of rotatable bonds is 14. The van der Waals surface area contributed by atoms with Crippen molar-refractivity contribution in [1.29, 1.82) is 0 Å². The number of nitrogens with zero attached hydrogens (tertiary/aromatic N) is 3. The van der Waals surface area contributed by atoms with Gasteiger partial charge < -0.3 is 20.1 Å². The van der Waals surface area contributed by atoms with Gasteiger partial charge in [-0.05, 0) is 99.9 Å². The van der Waals surface area contributed by atoms with Crippen molar-refractivity contribution >= 4 is 45.9 Å². The molecule has 0 saturated carbocycles. The molecule has 0 radical (unpaired) electrons. The van der Waals surface area contributed by atoms with Gasteiger partial charge in [0.25, 0.3) is 5.69 Å².